The van der Waals surface area contributed by atoms with Gasteiger partial charge < -0.3 is 9.84 Å². The Hall–Kier alpha value is -3.16. The molecule has 8 heteroatoms. The zero-order valence-electron chi connectivity index (χ0n) is 13.4. The van der Waals surface area contributed by atoms with E-state index >= 15 is 0 Å². The van der Waals surface area contributed by atoms with Crippen molar-refractivity contribution >= 4 is 18.5 Å². The number of aromatic hydroxyl groups is 1. The van der Waals surface area contributed by atoms with Crippen molar-refractivity contribution in [2.45, 2.75) is 6.18 Å². The highest BCUT2D eigenvalue weighted by Gasteiger charge is 2.31. The van der Waals surface area contributed by atoms with Crippen molar-refractivity contribution in [1.82, 2.24) is 0 Å². The lowest BCUT2D eigenvalue weighted by Gasteiger charge is -2.16. The predicted molar refractivity (Wildman–Crippen MR) is 90.0 cm³/mol. The smallest absolute Gasteiger partial charge is 0.416 e. The van der Waals surface area contributed by atoms with Crippen molar-refractivity contribution in [3.05, 3.63) is 53.1 Å². The quantitative estimate of drug-likeness (QED) is 0.804. The van der Waals surface area contributed by atoms with Crippen LogP contribution in [-0.2, 0) is 6.18 Å². The second-order valence-electron chi connectivity index (χ2n) is 5.34. The Morgan fingerprint density at radius 3 is 2.42 bits per heavy atom. The molecule has 134 valence electrons. The average Bonchev–Trinajstić information content (AvgIpc) is 3.10. The van der Waals surface area contributed by atoms with Gasteiger partial charge in [-0.25, -0.2) is 14.4 Å². The van der Waals surface area contributed by atoms with E-state index < -0.39 is 23.3 Å². The third kappa shape index (κ3) is 3.30. The zero-order chi connectivity index (χ0) is 18.9. The maximum absolute atomic E-state index is 14.0. The van der Waals surface area contributed by atoms with Crippen LogP contribution in [0.3, 0.4) is 0 Å². The molecule has 0 spiro atoms. The lowest BCUT2D eigenvalue weighted by atomic mass is 9.95. The number of nitrogens with zero attached hydrogens (tertiary/aromatic N) is 2. The molecule has 0 atom stereocenters. The number of hydrogen-bond acceptors (Lipinski definition) is 4. The first kappa shape index (κ1) is 17.7. The molecule has 3 rings (SSSR count). The highest BCUT2D eigenvalue weighted by molar-refractivity contribution is 6.18. The molecule has 1 aliphatic rings. The average molecular weight is 364 g/mol. The third-order valence-electron chi connectivity index (χ3n) is 3.69. The van der Waals surface area contributed by atoms with Crippen LogP contribution in [0.1, 0.15) is 11.1 Å². The Morgan fingerprint density at radius 1 is 1.12 bits per heavy atom. The molecule has 0 amide bonds. The van der Waals surface area contributed by atoms with Gasteiger partial charge in [0.1, 0.15) is 0 Å². The van der Waals surface area contributed by atoms with Gasteiger partial charge in [0, 0.05) is 18.0 Å². The van der Waals surface area contributed by atoms with E-state index in [-0.39, 0.29) is 28.3 Å². The standard InChI is InChI=1S/C18H12F4N2O2/c1-26-17-15(10-3-2-4-12(7-10)18(20,21)22)11(8-13(19)16(17)25)9-14-23-5-6-24-14/h2-9,25H,1H3. The number of rotatable bonds is 3. The highest BCUT2D eigenvalue weighted by atomic mass is 19.4. The molecule has 0 saturated heterocycles. The third-order valence-corrected chi connectivity index (χ3v) is 3.69. The summed E-state index contributed by atoms with van der Waals surface area (Å²) in [6, 6.07) is 5.44. The van der Waals surface area contributed by atoms with Crippen LogP contribution >= 0.6 is 0 Å². The zero-order valence-corrected chi connectivity index (χ0v) is 13.4. The molecule has 1 heterocycles. The molecular formula is C18H12F4N2O2. The molecule has 0 fully saturated rings. The van der Waals surface area contributed by atoms with Crippen molar-refractivity contribution in [3.63, 3.8) is 0 Å². The van der Waals surface area contributed by atoms with Gasteiger partial charge >= 0.3 is 6.18 Å². The summed E-state index contributed by atoms with van der Waals surface area (Å²) >= 11 is 0. The van der Waals surface area contributed by atoms with Crippen LogP contribution in [0.2, 0.25) is 0 Å². The summed E-state index contributed by atoms with van der Waals surface area (Å²) in [6.45, 7) is 0. The Balaban J connectivity index is 2.28. The number of phenols is 1. The number of benzene rings is 2. The lowest BCUT2D eigenvalue weighted by molar-refractivity contribution is -0.137. The van der Waals surface area contributed by atoms with Gasteiger partial charge in [0.2, 0.25) is 0 Å². The number of ether oxygens (including phenoxy) is 1. The molecule has 0 unspecified atom stereocenters. The SMILES string of the molecule is COc1c(O)c(F)cc(C=C2N=CC=N2)c1-c1cccc(C(F)(F)F)c1. The molecule has 0 radical (unpaired) electrons. The van der Waals surface area contributed by atoms with E-state index in [1.54, 1.807) is 0 Å². The molecule has 0 aromatic heterocycles. The molecule has 0 bridgehead atoms. The van der Waals surface area contributed by atoms with E-state index in [1.807, 2.05) is 0 Å². The molecule has 26 heavy (non-hydrogen) atoms. The maximum Gasteiger partial charge on any atom is 0.416 e. The van der Waals surface area contributed by atoms with E-state index in [1.165, 1.54) is 37.7 Å². The van der Waals surface area contributed by atoms with Crippen molar-refractivity contribution < 1.29 is 27.4 Å². The van der Waals surface area contributed by atoms with Gasteiger partial charge in [-0.1, -0.05) is 12.1 Å². The van der Waals surface area contributed by atoms with Gasteiger partial charge in [-0.3, -0.25) is 0 Å². The van der Waals surface area contributed by atoms with Crippen molar-refractivity contribution in [3.8, 4) is 22.6 Å². The number of halogens is 4. The fraction of sp³-hybridized carbons (Fsp3) is 0.111. The molecular weight excluding hydrogens is 352 g/mol. The van der Waals surface area contributed by atoms with Gasteiger partial charge in [-0.05, 0) is 35.4 Å². The number of hydrogen-bond donors (Lipinski definition) is 1. The summed E-state index contributed by atoms with van der Waals surface area (Å²) in [5.74, 6) is -1.80. The van der Waals surface area contributed by atoms with Crippen LogP contribution in [0.25, 0.3) is 17.2 Å². The molecule has 1 N–H and O–H groups in total. The van der Waals surface area contributed by atoms with Gasteiger partial charge in [0.25, 0.3) is 0 Å². The number of methoxy groups -OCH3 is 1. The van der Waals surface area contributed by atoms with Crippen molar-refractivity contribution in [1.29, 1.82) is 0 Å². The Kier molecular flexibility index (Phi) is 4.50. The summed E-state index contributed by atoms with van der Waals surface area (Å²) in [5, 5.41) is 9.95. The van der Waals surface area contributed by atoms with Gasteiger partial charge in [0.15, 0.2) is 23.1 Å². The van der Waals surface area contributed by atoms with Crippen molar-refractivity contribution in [2.24, 2.45) is 9.98 Å². The van der Waals surface area contributed by atoms with E-state index in [2.05, 4.69) is 9.98 Å². The monoisotopic (exact) mass is 364 g/mol. The largest absolute Gasteiger partial charge is 0.502 e. The van der Waals surface area contributed by atoms with Gasteiger partial charge in [0.05, 0.1) is 12.7 Å². The minimum atomic E-state index is -4.55. The van der Waals surface area contributed by atoms with Crippen LogP contribution in [-0.4, -0.2) is 24.6 Å². The summed E-state index contributed by atoms with van der Waals surface area (Å²) in [6.07, 6.45) is -0.321. The number of aliphatic imine (C=N–C) groups is 2. The van der Waals surface area contributed by atoms with Crippen molar-refractivity contribution in [2.75, 3.05) is 7.11 Å². The van der Waals surface area contributed by atoms with E-state index in [9.17, 15) is 22.7 Å². The van der Waals surface area contributed by atoms with E-state index in [0.717, 1.165) is 18.2 Å². The Morgan fingerprint density at radius 2 is 1.81 bits per heavy atom. The summed E-state index contributed by atoms with van der Waals surface area (Å²) in [7, 11) is 1.19. The van der Waals surface area contributed by atoms with Crippen LogP contribution in [0.5, 0.6) is 11.5 Å². The first-order valence-electron chi connectivity index (χ1n) is 7.36. The van der Waals surface area contributed by atoms with Crippen LogP contribution in [0.15, 0.2) is 46.1 Å². The minimum Gasteiger partial charge on any atom is -0.502 e. The molecule has 4 nitrogen and oxygen atoms in total. The van der Waals surface area contributed by atoms with Crippen LogP contribution < -0.4 is 4.74 Å². The highest BCUT2D eigenvalue weighted by Crippen LogP contribution is 2.44. The fourth-order valence-corrected chi connectivity index (χ4v) is 2.56. The minimum absolute atomic E-state index is 0.0994. The first-order valence-corrected chi connectivity index (χ1v) is 7.36. The molecule has 2 aromatic carbocycles. The molecule has 0 aliphatic carbocycles. The molecule has 1 aliphatic heterocycles. The summed E-state index contributed by atoms with van der Waals surface area (Å²) < 4.78 is 58.3. The Labute approximate surface area is 145 Å². The number of alkyl halides is 3. The van der Waals surface area contributed by atoms with Crippen LogP contribution in [0, 0.1) is 5.82 Å². The fourth-order valence-electron chi connectivity index (χ4n) is 2.56. The number of phenolic OH excluding ortho intramolecular Hbond substituents is 1. The van der Waals surface area contributed by atoms with E-state index in [4.69, 9.17) is 4.74 Å². The first-order chi connectivity index (χ1) is 12.3. The maximum atomic E-state index is 14.0. The lowest BCUT2D eigenvalue weighted by Crippen LogP contribution is -2.05. The molecule has 0 saturated carbocycles. The summed E-state index contributed by atoms with van der Waals surface area (Å²) in [5.41, 5.74) is -0.508. The second-order valence-corrected chi connectivity index (χ2v) is 5.34. The van der Waals surface area contributed by atoms with Crippen LogP contribution in [0.4, 0.5) is 17.6 Å². The van der Waals surface area contributed by atoms with Gasteiger partial charge in [-0.2, -0.15) is 13.2 Å². The van der Waals surface area contributed by atoms with Gasteiger partial charge in [-0.15, -0.1) is 0 Å². The normalized spacial score (nSPS) is 13.3. The van der Waals surface area contributed by atoms with E-state index in [0.29, 0.717) is 0 Å². The second kappa shape index (κ2) is 6.62. The topological polar surface area (TPSA) is 54.2 Å². The predicted octanol–water partition coefficient (Wildman–Crippen LogP) is 4.68. The Bertz CT molecular complexity index is 933. The summed E-state index contributed by atoms with van der Waals surface area (Å²) in [4.78, 5) is 7.88. The molecule has 2 aromatic rings.